The lowest BCUT2D eigenvalue weighted by atomic mass is 10.0. The molecule has 25 heavy (non-hydrogen) atoms. The molecule has 0 saturated carbocycles. The van der Waals surface area contributed by atoms with E-state index in [2.05, 4.69) is 15.3 Å². The van der Waals surface area contributed by atoms with Crippen LogP contribution in [0.5, 0.6) is 5.88 Å². The third kappa shape index (κ3) is 3.29. The number of methoxy groups -OCH3 is 1. The number of aromatic hydroxyl groups is 1. The van der Waals surface area contributed by atoms with E-state index in [9.17, 15) is 9.90 Å². The Morgan fingerprint density at radius 1 is 1.40 bits per heavy atom. The van der Waals surface area contributed by atoms with Crippen molar-refractivity contribution in [3.63, 3.8) is 0 Å². The first-order valence-electron chi connectivity index (χ1n) is 7.62. The Bertz CT molecular complexity index is 972. The fourth-order valence-electron chi connectivity index (χ4n) is 2.58. The molecule has 3 aromatic rings. The van der Waals surface area contributed by atoms with Crippen molar-refractivity contribution in [1.29, 1.82) is 5.26 Å². The summed E-state index contributed by atoms with van der Waals surface area (Å²) in [5.74, 6) is -0.293. The molecule has 1 amide bonds. The molecule has 3 rings (SSSR count). The number of carbonyl (C=O) groups is 1. The van der Waals surface area contributed by atoms with Crippen LogP contribution in [0.3, 0.4) is 0 Å². The number of H-pyrrole nitrogens is 1. The second-order valence-electron chi connectivity index (χ2n) is 5.40. The Morgan fingerprint density at radius 2 is 2.24 bits per heavy atom. The van der Waals surface area contributed by atoms with Crippen LogP contribution < -0.4 is 5.32 Å². The van der Waals surface area contributed by atoms with E-state index in [1.165, 1.54) is 6.20 Å². The van der Waals surface area contributed by atoms with E-state index in [1.807, 2.05) is 6.07 Å². The van der Waals surface area contributed by atoms with Gasteiger partial charge in [0.15, 0.2) is 5.88 Å². The van der Waals surface area contributed by atoms with Crippen molar-refractivity contribution in [2.75, 3.05) is 20.3 Å². The van der Waals surface area contributed by atoms with Gasteiger partial charge >= 0.3 is 0 Å². The molecule has 0 saturated heterocycles. The molecule has 0 radical (unpaired) electrons. The Hall–Kier alpha value is -3.37. The minimum atomic E-state index is -0.232. The number of carbonyl (C=O) groups excluding carboxylic acids is 1. The van der Waals surface area contributed by atoms with E-state index in [4.69, 9.17) is 10.00 Å². The zero-order valence-corrected chi connectivity index (χ0v) is 13.5. The molecule has 7 heteroatoms. The Morgan fingerprint density at radius 3 is 3.00 bits per heavy atom. The van der Waals surface area contributed by atoms with Crippen molar-refractivity contribution < 1.29 is 14.6 Å². The first-order valence-corrected chi connectivity index (χ1v) is 7.62. The number of pyridine rings is 1. The topological polar surface area (TPSA) is 111 Å². The standard InChI is InChI=1S/C18H16N4O3/c1-25-7-6-21-17(23)12-2-3-14-13(9-12)16(18(24)22-14)15-8-11(10-19)4-5-20-15/h2-5,8-9,22,24H,6-7H2,1H3,(H,21,23). The molecular weight excluding hydrogens is 320 g/mol. The average molecular weight is 336 g/mol. The molecule has 2 aromatic heterocycles. The van der Waals surface area contributed by atoms with E-state index in [-0.39, 0.29) is 11.8 Å². The van der Waals surface area contributed by atoms with Crippen molar-refractivity contribution >= 4 is 16.8 Å². The predicted molar refractivity (Wildman–Crippen MR) is 92.1 cm³/mol. The lowest BCUT2D eigenvalue weighted by Gasteiger charge is -2.05. The first-order chi connectivity index (χ1) is 12.1. The number of hydrogen-bond donors (Lipinski definition) is 3. The average Bonchev–Trinajstić information content (AvgIpc) is 2.96. The maximum atomic E-state index is 12.2. The highest BCUT2D eigenvalue weighted by Crippen LogP contribution is 2.36. The quantitative estimate of drug-likeness (QED) is 0.618. The third-order valence-electron chi connectivity index (χ3n) is 3.78. The number of benzene rings is 1. The van der Waals surface area contributed by atoms with Gasteiger partial charge in [0.2, 0.25) is 0 Å². The van der Waals surface area contributed by atoms with Gasteiger partial charge in [-0.2, -0.15) is 5.26 Å². The van der Waals surface area contributed by atoms with Crippen molar-refractivity contribution in [2.24, 2.45) is 0 Å². The molecule has 2 heterocycles. The summed E-state index contributed by atoms with van der Waals surface area (Å²) in [5, 5.41) is 22.7. The van der Waals surface area contributed by atoms with Crippen LogP contribution in [-0.4, -0.2) is 41.2 Å². The van der Waals surface area contributed by atoms with Crippen LogP contribution in [0, 0.1) is 11.3 Å². The van der Waals surface area contributed by atoms with Gasteiger partial charge in [-0.3, -0.25) is 9.78 Å². The number of ether oxygens (including phenoxy) is 1. The van der Waals surface area contributed by atoms with Gasteiger partial charge in [0.05, 0.1) is 29.5 Å². The van der Waals surface area contributed by atoms with Gasteiger partial charge in [0.25, 0.3) is 5.91 Å². The van der Waals surface area contributed by atoms with E-state index in [0.717, 1.165) is 0 Å². The van der Waals surface area contributed by atoms with Gasteiger partial charge in [-0.15, -0.1) is 0 Å². The Kier molecular flexibility index (Phi) is 4.64. The number of aromatic nitrogens is 2. The summed E-state index contributed by atoms with van der Waals surface area (Å²) >= 11 is 0. The van der Waals surface area contributed by atoms with Gasteiger partial charge in [-0.25, -0.2) is 0 Å². The molecule has 7 nitrogen and oxygen atoms in total. The molecule has 0 unspecified atom stereocenters. The highest BCUT2D eigenvalue weighted by atomic mass is 16.5. The highest BCUT2D eigenvalue weighted by molar-refractivity contribution is 6.03. The molecule has 0 spiro atoms. The SMILES string of the molecule is COCCNC(=O)c1ccc2[nH]c(O)c(-c3cc(C#N)ccn3)c2c1. The molecule has 0 aliphatic heterocycles. The number of hydrogen-bond acceptors (Lipinski definition) is 5. The second-order valence-corrected chi connectivity index (χ2v) is 5.40. The highest BCUT2D eigenvalue weighted by Gasteiger charge is 2.16. The van der Waals surface area contributed by atoms with E-state index < -0.39 is 0 Å². The van der Waals surface area contributed by atoms with Crippen LogP contribution in [0.25, 0.3) is 22.2 Å². The van der Waals surface area contributed by atoms with Crippen molar-refractivity contribution in [3.8, 4) is 23.2 Å². The number of amides is 1. The number of fused-ring (bicyclic) bond motifs is 1. The lowest BCUT2D eigenvalue weighted by molar-refractivity contribution is 0.0937. The summed E-state index contributed by atoms with van der Waals surface area (Å²) in [6.07, 6.45) is 1.51. The number of aromatic amines is 1. The summed E-state index contributed by atoms with van der Waals surface area (Å²) in [6, 6.07) is 10.3. The predicted octanol–water partition coefficient (Wildman–Crippen LogP) is 2.18. The van der Waals surface area contributed by atoms with Crippen molar-refractivity contribution in [3.05, 3.63) is 47.7 Å². The summed E-state index contributed by atoms with van der Waals surface area (Å²) in [5.41, 5.74) is 2.48. The van der Waals surface area contributed by atoms with Crippen LogP contribution >= 0.6 is 0 Å². The number of rotatable bonds is 5. The molecule has 1 aromatic carbocycles. The summed E-state index contributed by atoms with van der Waals surface area (Å²) in [7, 11) is 1.56. The summed E-state index contributed by atoms with van der Waals surface area (Å²) < 4.78 is 4.91. The van der Waals surface area contributed by atoms with Gasteiger partial charge in [0, 0.05) is 36.3 Å². The number of nitriles is 1. The Balaban J connectivity index is 2.04. The molecule has 0 atom stereocenters. The van der Waals surface area contributed by atoms with E-state index >= 15 is 0 Å². The molecule has 0 fully saturated rings. The molecule has 0 aliphatic carbocycles. The molecular formula is C18H16N4O3. The van der Waals surface area contributed by atoms with Gasteiger partial charge in [0.1, 0.15) is 0 Å². The Labute approximate surface area is 143 Å². The minimum Gasteiger partial charge on any atom is -0.494 e. The number of nitrogens with zero attached hydrogens (tertiary/aromatic N) is 2. The van der Waals surface area contributed by atoms with Gasteiger partial charge < -0.3 is 20.1 Å². The summed E-state index contributed by atoms with van der Waals surface area (Å²) in [6.45, 7) is 0.833. The first kappa shape index (κ1) is 16.5. The number of nitrogens with one attached hydrogen (secondary N) is 2. The zero-order valence-electron chi connectivity index (χ0n) is 13.5. The fourth-order valence-corrected chi connectivity index (χ4v) is 2.58. The monoisotopic (exact) mass is 336 g/mol. The summed E-state index contributed by atoms with van der Waals surface area (Å²) in [4.78, 5) is 19.3. The van der Waals surface area contributed by atoms with Gasteiger partial charge in [-0.05, 0) is 30.3 Å². The maximum Gasteiger partial charge on any atom is 0.251 e. The van der Waals surface area contributed by atoms with Crippen molar-refractivity contribution in [1.82, 2.24) is 15.3 Å². The van der Waals surface area contributed by atoms with Crippen LogP contribution in [0.1, 0.15) is 15.9 Å². The van der Waals surface area contributed by atoms with Crippen LogP contribution in [0.2, 0.25) is 0 Å². The van der Waals surface area contributed by atoms with E-state index in [1.54, 1.807) is 37.4 Å². The molecule has 3 N–H and O–H groups in total. The molecule has 0 aliphatic rings. The zero-order chi connectivity index (χ0) is 17.8. The maximum absolute atomic E-state index is 12.2. The third-order valence-corrected chi connectivity index (χ3v) is 3.78. The molecule has 0 bridgehead atoms. The fraction of sp³-hybridized carbons (Fsp3) is 0.167. The minimum absolute atomic E-state index is 0.0606. The van der Waals surface area contributed by atoms with Crippen molar-refractivity contribution in [2.45, 2.75) is 0 Å². The van der Waals surface area contributed by atoms with Gasteiger partial charge in [-0.1, -0.05) is 0 Å². The second kappa shape index (κ2) is 7.03. The lowest BCUT2D eigenvalue weighted by Crippen LogP contribution is -2.26. The van der Waals surface area contributed by atoms with Crippen LogP contribution in [-0.2, 0) is 4.74 Å². The van der Waals surface area contributed by atoms with Crippen LogP contribution in [0.4, 0.5) is 0 Å². The molecule has 126 valence electrons. The largest absolute Gasteiger partial charge is 0.494 e. The van der Waals surface area contributed by atoms with E-state index in [0.29, 0.717) is 46.4 Å². The normalized spacial score (nSPS) is 10.6. The smallest absolute Gasteiger partial charge is 0.251 e. The van der Waals surface area contributed by atoms with Crippen LogP contribution in [0.15, 0.2) is 36.5 Å².